The van der Waals surface area contributed by atoms with Crippen molar-refractivity contribution >= 4 is 50.1 Å². The first-order chi connectivity index (χ1) is 10.8. The molecule has 6 nitrogen and oxygen atoms in total. The normalized spacial score (nSPS) is 13.7. The molecular weight excluding hydrogens is 431 g/mol. The Labute approximate surface area is 146 Å². The maximum Gasteiger partial charge on any atom is 0.261 e. The van der Waals surface area contributed by atoms with Crippen LogP contribution in [0.4, 0.5) is 5.69 Å². The predicted molar refractivity (Wildman–Crippen MR) is 92.9 cm³/mol. The van der Waals surface area contributed by atoms with Gasteiger partial charge in [0.1, 0.15) is 0 Å². The Balaban J connectivity index is 1.99. The number of amides is 2. The lowest BCUT2D eigenvalue weighted by atomic mass is 10.1. The summed E-state index contributed by atoms with van der Waals surface area (Å²) in [6, 6.07) is 9.18. The number of carbonyl (C=O) groups is 2. The van der Waals surface area contributed by atoms with Crippen molar-refractivity contribution < 1.29 is 18.0 Å². The van der Waals surface area contributed by atoms with Gasteiger partial charge in [0.2, 0.25) is 0 Å². The summed E-state index contributed by atoms with van der Waals surface area (Å²) < 4.78 is 28.5. The summed E-state index contributed by atoms with van der Waals surface area (Å²) in [7, 11) is -3.85. The minimum atomic E-state index is -3.85. The van der Waals surface area contributed by atoms with Gasteiger partial charge < -0.3 is 0 Å². The molecule has 1 heterocycles. The van der Waals surface area contributed by atoms with E-state index in [0.29, 0.717) is 5.69 Å². The summed E-state index contributed by atoms with van der Waals surface area (Å²) in [5.41, 5.74) is 1.50. The zero-order valence-corrected chi connectivity index (χ0v) is 14.9. The molecule has 2 aromatic rings. The molecule has 0 aliphatic carbocycles. The molecule has 23 heavy (non-hydrogen) atoms. The SMILES string of the molecule is Cc1cc(I)ccc1NS(=O)(=O)c1ccc2c(c1)C(=O)NC2=O. The van der Waals surface area contributed by atoms with Gasteiger partial charge in [-0.3, -0.25) is 19.6 Å². The Kier molecular flexibility index (Phi) is 3.88. The Morgan fingerprint density at radius 1 is 1.00 bits per heavy atom. The average molecular weight is 442 g/mol. The standard InChI is InChI=1S/C15H11IN2O4S/c1-8-6-9(16)2-5-13(8)18-23(21,22)10-3-4-11-12(7-10)15(20)17-14(11)19/h2-7,18H,1H3,(H,17,19,20). The molecule has 0 bridgehead atoms. The minimum absolute atomic E-state index is 0.0669. The van der Waals surface area contributed by atoms with Crippen molar-refractivity contribution in [3.8, 4) is 0 Å². The van der Waals surface area contributed by atoms with Gasteiger partial charge in [0.05, 0.1) is 21.7 Å². The van der Waals surface area contributed by atoms with E-state index in [2.05, 4.69) is 32.6 Å². The lowest BCUT2D eigenvalue weighted by molar-refractivity contribution is 0.0879. The van der Waals surface area contributed by atoms with Crippen molar-refractivity contribution in [2.75, 3.05) is 4.72 Å². The maximum atomic E-state index is 12.5. The highest BCUT2D eigenvalue weighted by molar-refractivity contribution is 14.1. The van der Waals surface area contributed by atoms with Crippen LogP contribution in [0.15, 0.2) is 41.3 Å². The van der Waals surface area contributed by atoms with Crippen LogP contribution in [0.5, 0.6) is 0 Å². The van der Waals surface area contributed by atoms with Gasteiger partial charge in [-0.1, -0.05) is 0 Å². The van der Waals surface area contributed by atoms with Crippen molar-refractivity contribution in [3.05, 3.63) is 56.7 Å². The van der Waals surface area contributed by atoms with Crippen LogP contribution >= 0.6 is 22.6 Å². The summed E-state index contributed by atoms with van der Waals surface area (Å²) >= 11 is 2.14. The van der Waals surface area contributed by atoms with Crippen molar-refractivity contribution in [1.82, 2.24) is 5.32 Å². The van der Waals surface area contributed by atoms with Crippen LogP contribution in [0.1, 0.15) is 26.3 Å². The molecule has 2 aromatic carbocycles. The predicted octanol–water partition coefficient (Wildman–Crippen LogP) is 2.28. The Morgan fingerprint density at radius 2 is 1.70 bits per heavy atom. The van der Waals surface area contributed by atoms with Crippen molar-refractivity contribution in [1.29, 1.82) is 0 Å². The number of hydrogen-bond acceptors (Lipinski definition) is 4. The summed E-state index contributed by atoms with van der Waals surface area (Å²) in [4.78, 5) is 23.1. The molecule has 0 radical (unpaired) electrons. The van der Waals surface area contributed by atoms with E-state index in [1.807, 2.05) is 6.07 Å². The number of benzene rings is 2. The molecule has 0 saturated heterocycles. The van der Waals surface area contributed by atoms with Crippen molar-refractivity contribution in [2.45, 2.75) is 11.8 Å². The zero-order chi connectivity index (χ0) is 16.8. The quantitative estimate of drug-likeness (QED) is 0.564. The number of imide groups is 1. The molecule has 0 aromatic heterocycles. The van der Waals surface area contributed by atoms with E-state index in [9.17, 15) is 18.0 Å². The Bertz CT molecular complexity index is 954. The minimum Gasteiger partial charge on any atom is -0.288 e. The highest BCUT2D eigenvalue weighted by Gasteiger charge is 2.28. The zero-order valence-electron chi connectivity index (χ0n) is 11.9. The fourth-order valence-electron chi connectivity index (χ4n) is 2.26. The average Bonchev–Trinajstić information content (AvgIpc) is 2.77. The first kappa shape index (κ1) is 15.9. The molecule has 0 saturated carbocycles. The van der Waals surface area contributed by atoms with Crippen LogP contribution < -0.4 is 10.0 Å². The molecule has 0 atom stereocenters. The number of aryl methyl sites for hydroxylation is 1. The number of anilines is 1. The number of carbonyl (C=O) groups excluding carboxylic acids is 2. The number of hydrogen-bond donors (Lipinski definition) is 2. The van der Waals surface area contributed by atoms with E-state index < -0.39 is 21.8 Å². The fourth-order valence-corrected chi connectivity index (χ4v) is 4.06. The molecule has 2 N–H and O–H groups in total. The van der Waals surface area contributed by atoms with Crippen molar-refractivity contribution in [3.63, 3.8) is 0 Å². The second kappa shape index (κ2) is 5.60. The smallest absolute Gasteiger partial charge is 0.261 e. The largest absolute Gasteiger partial charge is 0.288 e. The second-order valence-electron chi connectivity index (χ2n) is 5.06. The highest BCUT2D eigenvalue weighted by atomic mass is 127. The number of fused-ring (bicyclic) bond motifs is 1. The highest BCUT2D eigenvalue weighted by Crippen LogP contribution is 2.24. The van der Waals surface area contributed by atoms with Gasteiger partial charge in [-0.05, 0) is 71.5 Å². The first-order valence-electron chi connectivity index (χ1n) is 6.56. The molecule has 0 unspecified atom stereocenters. The van der Waals surface area contributed by atoms with Crippen LogP contribution in [0.3, 0.4) is 0 Å². The third-order valence-corrected chi connectivity index (χ3v) is 5.48. The molecule has 0 fully saturated rings. The molecule has 2 amide bonds. The van der Waals surface area contributed by atoms with Gasteiger partial charge in [0.15, 0.2) is 0 Å². The van der Waals surface area contributed by atoms with E-state index in [4.69, 9.17) is 0 Å². The Hall–Kier alpha value is -1.94. The molecule has 3 rings (SSSR count). The van der Waals surface area contributed by atoms with Gasteiger partial charge >= 0.3 is 0 Å². The topological polar surface area (TPSA) is 92.3 Å². The van der Waals surface area contributed by atoms with E-state index in [0.717, 1.165) is 9.13 Å². The summed E-state index contributed by atoms with van der Waals surface area (Å²) in [5.74, 6) is -1.11. The fraction of sp³-hybridized carbons (Fsp3) is 0.0667. The molecule has 1 aliphatic rings. The summed E-state index contributed by atoms with van der Waals surface area (Å²) in [6.07, 6.45) is 0. The van der Waals surface area contributed by atoms with Crippen LogP contribution in [0.25, 0.3) is 0 Å². The second-order valence-corrected chi connectivity index (χ2v) is 7.98. The summed E-state index contributed by atoms with van der Waals surface area (Å²) in [6.45, 7) is 1.80. The van der Waals surface area contributed by atoms with Gasteiger partial charge in [0, 0.05) is 3.57 Å². The third-order valence-electron chi connectivity index (χ3n) is 3.45. The van der Waals surface area contributed by atoms with Crippen LogP contribution in [-0.2, 0) is 10.0 Å². The van der Waals surface area contributed by atoms with E-state index in [-0.39, 0.29) is 16.0 Å². The van der Waals surface area contributed by atoms with E-state index >= 15 is 0 Å². The monoisotopic (exact) mass is 442 g/mol. The third kappa shape index (κ3) is 2.95. The van der Waals surface area contributed by atoms with Gasteiger partial charge in [-0.15, -0.1) is 0 Å². The number of halogens is 1. The van der Waals surface area contributed by atoms with E-state index in [1.54, 1.807) is 19.1 Å². The first-order valence-corrected chi connectivity index (χ1v) is 9.13. The lowest BCUT2D eigenvalue weighted by Gasteiger charge is -2.11. The van der Waals surface area contributed by atoms with Gasteiger partial charge in [-0.25, -0.2) is 8.42 Å². The maximum absolute atomic E-state index is 12.5. The number of rotatable bonds is 3. The van der Waals surface area contributed by atoms with Crippen LogP contribution in [-0.4, -0.2) is 20.2 Å². The van der Waals surface area contributed by atoms with Crippen LogP contribution in [0, 0.1) is 10.5 Å². The molecule has 8 heteroatoms. The molecular formula is C15H11IN2O4S. The Morgan fingerprint density at radius 3 is 2.39 bits per heavy atom. The lowest BCUT2D eigenvalue weighted by Crippen LogP contribution is -2.20. The number of sulfonamides is 1. The van der Waals surface area contributed by atoms with E-state index in [1.165, 1.54) is 18.2 Å². The van der Waals surface area contributed by atoms with Gasteiger partial charge in [0.25, 0.3) is 21.8 Å². The molecule has 1 aliphatic heterocycles. The molecule has 118 valence electrons. The number of nitrogens with one attached hydrogen (secondary N) is 2. The van der Waals surface area contributed by atoms with Crippen LogP contribution in [0.2, 0.25) is 0 Å². The van der Waals surface area contributed by atoms with Gasteiger partial charge in [-0.2, -0.15) is 0 Å². The summed E-state index contributed by atoms with van der Waals surface area (Å²) in [5, 5.41) is 2.13. The molecule has 0 spiro atoms. The van der Waals surface area contributed by atoms with Crippen molar-refractivity contribution in [2.24, 2.45) is 0 Å².